The van der Waals surface area contributed by atoms with Crippen LogP contribution < -0.4 is 5.56 Å². The molecule has 0 N–H and O–H groups in total. The lowest BCUT2D eigenvalue weighted by molar-refractivity contribution is -0.130. The number of hydrogen-bond donors (Lipinski definition) is 0. The second-order valence-electron chi connectivity index (χ2n) is 7.43. The molecule has 156 valence electrons. The summed E-state index contributed by atoms with van der Waals surface area (Å²) in [5, 5.41) is 1.80. The van der Waals surface area contributed by atoms with Crippen molar-refractivity contribution in [2.75, 3.05) is 18.8 Å². The Balaban J connectivity index is 1.50. The number of benzene rings is 2. The third-order valence-corrected chi connectivity index (χ3v) is 6.55. The van der Waals surface area contributed by atoms with E-state index >= 15 is 0 Å². The maximum Gasteiger partial charge on any atom is 0.266 e. The van der Waals surface area contributed by atoms with E-state index in [-0.39, 0.29) is 11.5 Å². The summed E-state index contributed by atoms with van der Waals surface area (Å²) < 4.78 is 1.63. The van der Waals surface area contributed by atoms with Gasteiger partial charge in [0.1, 0.15) is 0 Å². The zero-order valence-electron chi connectivity index (χ0n) is 16.7. The van der Waals surface area contributed by atoms with Crippen LogP contribution in [0.4, 0.5) is 0 Å². The second-order valence-corrected chi connectivity index (χ2v) is 8.92. The van der Waals surface area contributed by atoms with E-state index in [0.717, 1.165) is 44.5 Å². The molecule has 1 aliphatic rings. The molecule has 1 amide bonds. The van der Waals surface area contributed by atoms with Crippen molar-refractivity contribution in [1.29, 1.82) is 0 Å². The van der Waals surface area contributed by atoms with E-state index in [9.17, 15) is 9.59 Å². The molecular weight excluding hydrogens is 418 g/mol. The molecule has 0 atom stereocenters. The number of halogens is 1. The normalized spacial score (nSPS) is 13.8. The Morgan fingerprint density at radius 3 is 2.67 bits per heavy atom. The topological polar surface area (TPSA) is 55.2 Å². The Morgan fingerprint density at radius 2 is 1.87 bits per heavy atom. The highest BCUT2D eigenvalue weighted by Gasteiger charge is 2.17. The van der Waals surface area contributed by atoms with Crippen LogP contribution in [0.2, 0.25) is 5.02 Å². The maximum atomic E-state index is 13.2. The zero-order chi connectivity index (χ0) is 20.9. The van der Waals surface area contributed by atoms with Crippen molar-refractivity contribution in [3.8, 4) is 5.69 Å². The molecule has 0 radical (unpaired) electrons. The van der Waals surface area contributed by atoms with Crippen molar-refractivity contribution in [2.24, 2.45) is 0 Å². The SMILES string of the molecule is O=C(CCCCSc1nc2ccccc2c(=O)n1-c1cccc(Cl)c1)N1CCCC1. The van der Waals surface area contributed by atoms with E-state index in [2.05, 4.69) is 0 Å². The van der Waals surface area contributed by atoms with Crippen LogP contribution in [0.3, 0.4) is 0 Å². The Bertz CT molecular complexity index is 1110. The third kappa shape index (κ3) is 4.71. The summed E-state index contributed by atoms with van der Waals surface area (Å²) in [7, 11) is 0. The fourth-order valence-corrected chi connectivity index (χ4v) is 4.91. The van der Waals surface area contributed by atoms with Crippen molar-refractivity contribution >= 4 is 40.2 Å². The lowest BCUT2D eigenvalue weighted by Gasteiger charge is -2.15. The van der Waals surface area contributed by atoms with Gasteiger partial charge in [-0.2, -0.15) is 0 Å². The number of unbranched alkanes of at least 4 members (excludes halogenated alkanes) is 1. The average molecular weight is 442 g/mol. The fourth-order valence-electron chi connectivity index (χ4n) is 3.72. The van der Waals surface area contributed by atoms with Crippen LogP contribution in [0, 0.1) is 0 Å². The summed E-state index contributed by atoms with van der Waals surface area (Å²) in [6, 6.07) is 14.6. The number of hydrogen-bond acceptors (Lipinski definition) is 4. The zero-order valence-corrected chi connectivity index (χ0v) is 18.3. The van der Waals surface area contributed by atoms with Crippen molar-refractivity contribution in [3.05, 3.63) is 63.9 Å². The van der Waals surface area contributed by atoms with Gasteiger partial charge in [0.15, 0.2) is 5.16 Å². The van der Waals surface area contributed by atoms with E-state index in [1.165, 1.54) is 0 Å². The lowest BCUT2D eigenvalue weighted by Crippen LogP contribution is -2.27. The highest BCUT2D eigenvalue weighted by atomic mass is 35.5. The number of nitrogens with zero attached hydrogens (tertiary/aromatic N) is 3. The quantitative estimate of drug-likeness (QED) is 0.296. The molecule has 2 aromatic carbocycles. The minimum Gasteiger partial charge on any atom is -0.343 e. The van der Waals surface area contributed by atoms with E-state index in [0.29, 0.717) is 33.2 Å². The minimum atomic E-state index is -0.102. The van der Waals surface area contributed by atoms with Gasteiger partial charge < -0.3 is 4.90 Å². The number of aromatic nitrogens is 2. The predicted molar refractivity (Wildman–Crippen MR) is 123 cm³/mol. The van der Waals surface area contributed by atoms with Gasteiger partial charge in [0.2, 0.25) is 5.91 Å². The predicted octanol–water partition coefficient (Wildman–Crippen LogP) is 4.92. The summed E-state index contributed by atoms with van der Waals surface area (Å²) in [5.74, 6) is 1.05. The molecule has 3 aromatic rings. The van der Waals surface area contributed by atoms with Gasteiger partial charge in [-0.1, -0.05) is 41.6 Å². The fraction of sp³-hybridized carbons (Fsp3) is 0.348. The Labute approximate surface area is 185 Å². The standard InChI is InChI=1S/C23H24ClN3O2S/c24-17-8-7-9-18(16-17)27-22(29)19-10-1-2-11-20(19)25-23(27)30-15-6-3-12-21(28)26-13-4-5-14-26/h1-2,7-11,16H,3-6,12-15H2. The summed E-state index contributed by atoms with van der Waals surface area (Å²) in [4.78, 5) is 32.1. The number of thioether (sulfide) groups is 1. The molecule has 1 saturated heterocycles. The summed E-state index contributed by atoms with van der Waals surface area (Å²) in [5.41, 5.74) is 1.29. The van der Waals surface area contributed by atoms with Crippen LogP contribution in [-0.4, -0.2) is 39.2 Å². The van der Waals surface area contributed by atoms with Crippen molar-refractivity contribution < 1.29 is 4.79 Å². The van der Waals surface area contributed by atoms with Crippen molar-refractivity contribution in [2.45, 2.75) is 37.3 Å². The lowest BCUT2D eigenvalue weighted by atomic mass is 10.2. The molecule has 1 fully saturated rings. The second kappa shape index (κ2) is 9.67. The summed E-state index contributed by atoms with van der Waals surface area (Å²) >= 11 is 7.71. The number of fused-ring (bicyclic) bond motifs is 1. The first kappa shape index (κ1) is 20.9. The van der Waals surface area contributed by atoms with Crippen molar-refractivity contribution in [3.63, 3.8) is 0 Å². The van der Waals surface area contributed by atoms with Crippen LogP contribution in [0.1, 0.15) is 32.1 Å². The highest BCUT2D eigenvalue weighted by molar-refractivity contribution is 7.99. The molecular formula is C23H24ClN3O2S. The summed E-state index contributed by atoms with van der Waals surface area (Å²) in [6.45, 7) is 1.81. The maximum absolute atomic E-state index is 13.2. The molecule has 0 unspecified atom stereocenters. The Kier molecular flexibility index (Phi) is 6.75. The smallest absolute Gasteiger partial charge is 0.266 e. The highest BCUT2D eigenvalue weighted by Crippen LogP contribution is 2.24. The van der Waals surface area contributed by atoms with E-state index in [1.54, 1.807) is 34.5 Å². The first-order valence-corrected chi connectivity index (χ1v) is 11.7. The van der Waals surface area contributed by atoms with Gasteiger partial charge in [-0.15, -0.1) is 0 Å². The molecule has 1 aliphatic heterocycles. The number of carbonyl (C=O) groups excluding carboxylic acids is 1. The first-order chi connectivity index (χ1) is 14.6. The van der Waals surface area contributed by atoms with Crippen LogP contribution in [-0.2, 0) is 4.79 Å². The minimum absolute atomic E-state index is 0.102. The molecule has 30 heavy (non-hydrogen) atoms. The van der Waals surface area contributed by atoms with Gasteiger partial charge in [0, 0.05) is 30.3 Å². The Hall–Kier alpha value is -2.31. The molecule has 0 saturated carbocycles. The first-order valence-electron chi connectivity index (χ1n) is 10.3. The van der Waals surface area contributed by atoms with E-state index in [1.807, 2.05) is 35.2 Å². The van der Waals surface area contributed by atoms with Crippen LogP contribution in [0.15, 0.2) is 58.5 Å². The summed E-state index contributed by atoms with van der Waals surface area (Å²) in [6.07, 6.45) is 4.57. The van der Waals surface area contributed by atoms with Crippen LogP contribution in [0.25, 0.3) is 16.6 Å². The molecule has 4 rings (SSSR count). The molecule has 7 heteroatoms. The van der Waals surface area contributed by atoms with Crippen molar-refractivity contribution in [1.82, 2.24) is 14.5 Å². The monoisotopic (exact) mass is 441 g/mol. The molecule has 0 aliphatic carbocycles. The van der Waals surface area contributed by atoms with Gasteiger partial charge in [0.25, 0.3) is 5.56 Å². The van der Waals surface area contributed by atoms with Gasteiger partial charge in [-0.25, -0.2) is 4.98 Å². The van der Waals surface area contributed by atoms with Gasteiger partial charge in [-0.05, 0) is 56.0 Å². The molecule has 2 heterocycles. The number of likely N-dealkylation sites (tertiary alicyclic amines) is 1. The number of amides is 1. The van der Waals surface area contributed by atoms with Crippen LogP contribution >= 0.6 is 23.4 Å². The third-order valence-electron chi connectivity index (χ3n) is 5.29. The number of rotatable bonds is 7. The van der Waals surface area contributed by atoms with E-state index in [4.69, 9.17) is 16.6 Å². The molecule has 5 nitrogen and oxygen atoms in total. The van der Waals surface area contributed by atoms with Gasteiger partial charge >= 0.3 is 0 Å². The molecule has 0 bridgehead atoms. The average Bonchev–Trinajstić information content (AvgIpc) is 3.29. The largest absolute Gasteiger partial charge is 0.343 e. The molecule has 1 aromatic heterocycles. The molecule has 0 spiro atoms. The van der Waals surface area contributed by atoms with E-state index < -0.39 is 0 Å². The van der Waals surface area contributed by atoms with Crippen LogP contribution in [0.5, 0.6) is 0 Å². The number of para-hydroxylation sites is 1. The van der Waals surface area contributed by atoms with Gasteiger partial charge in [0.05, 0.1) is 16.6 Å². The number of carbonyl (C=O) groups is 1. The van der Waals surface area contributed by atoms with Gasteiger partial charge in [-0.3, -0.25) is 14.2 Å². The Morgan fingerprint density at radius 1 is 1.07 bits per heavy atom.